The molecule has 3 aromatic rings. The standard InChI is InChI=1S/C16H18N2OS/c1-16(2,3)14-10-20-15(18-14)9-19-12-4-5-13-11(8-12)6-7-17-13/h4-8,10,17H,9H2,1-3H3. The maximum Gasteiger partial charge on any atom is 0.140 e. The molecule has 0 saturated carbocycles. The Labute approximate surface area is 122 Å². The molecule has 20 heavy (non-hydrogen) atoms. The molecule has 0 fully saturated rings. The number of aromatic amines is 1. The first-order valence-electron chi connectivity index (χ1n) is 6.67. The second-order valence-electron chi connectivity index (χ2n) is 5.89. The van der Waals surface area contributed by atoms with E-state index < -0.39 is 0 Å². The van der Waals surface area contributed by atoms with Crippen molar-refractivity contribution < 1.29 is 4.74 Å². The smallest absolute Gasteiger partial charge is 0.140 e. The maximum atomic E-state index is 5.83. The number of hydrogen-bond acceptors (Lipinski definition) is 3. The normalized spacial score (nSPS) is 11.9. The molecule has 0 bridgehead atoms. The Kier molecular flexibility index (Phi) is 3.26. The number of ether oxygens (including phenoxy) is 1. The number of benzene rings is 1. The van der Waals surface area contributed by atoms with Crippen molar-refractivity contribution in [3.05, 3.63) is 46.5 Å². The van der Waals surface area contributed by atoms with Gasteiger partial charge in [-0.15, -0.1) is 11.3 Å². The van der Waals surface area contributed by atoms with Gasteiger partial charge >= 0.3 is 0 Å². The maximum absolute atomic E-state index is 5.83. The Balaban J connectivity index is 1.71. The molecule has 0 amide bonds. The Morgan fingerprint density at radius 3 is 2.85 bits per heavy atom. The highest BCUT2D eigenvalue weighted by Gasteiger charge is 2.17. The molecule has 0 spiro atoms. The first-order chi connectivity index (χ1) is 9.52. The zero-order valence-electron chi connectivity index (χ0n) is 11.9. The summed E-state index contributed by atoms with van der Waals surface area (Å²) in [6.45, 7) is 7.04. The van der Waals surface area contributed by atoms with Gasteiger partial charge in [-0.2, -0.15) is 0 Å². The molecule has 0 atom stereocenters. The van der Waals surface area contributed by atoms with Crippen LogP contribution in [0, 0.1) is 0 Å². The number of thiazole rings is 1. The van der Waals surface area contributed by atoms with Gasteiger partial charge in [0, 0.05) is 27.9 Å². The van der Waals surface area contributed by atoms with Crippen molar-refractivity contribution in [2.45, 2.75) is 32.8 Å². The van der Waals surface area contributed by atoms with E-state index in [2.05, 4.69) is 36.1 Å². The fraction of sp³-hybridized carbons (Fsp3) is 0.312. The number of H-pyrrole nitrogens is 1. The molecule has 0 saturated heterocycles. The van der Waals surface area contributed by atoms with Crippen LogP contribution in [0.3, 0.4) is 0 Å². The van der Waals surface area contributed by atoms with Crippen molar-refractivity contribution in [3.8, 4) is 5.75 Å². The minimum Gasteiger partial charge on any atom is -0.486 e. The van der Waals surface area contributed by atoms with E-state index in [4.69, 9.17) is 4.74 Å². The summed E-state index contributed by atoms with van der Waals surface area (Å²) in [5.41, 5.74) is 2.35. The molecule has 0 aliphatic rings. The molecule has 1 N–H and O–H groups in total. The van der Waals surface area contributed by atoms with Gasteiger partial charge in [-0.05, 0) is 24.3 Å². The van der Waals surface area contributed by atoms with Crippen LogP contribution in [0.15, 0.2) is 35.8 Å². The van der Waals surface area contributed by atoms with Crippen LogP contribution in [-0.2, 0) is 12.0 Å². The zero-order chi connectivity index (χ0) is 14.2. The van der Waals surface area contributed by atoms with Crippen molar-refractivity contribution in [3.63, 3.8) is 0 Å². The van der Waals surface area contributed by atoms with Gasteiger partial charge in [0.2, 0.25) is 0 Å². The van der Waals surface area contributed by atoms with Crippen molar-refractivity contribution in [2.75, 3.05) is 0 Å². The van der Waals surface area contributed by atoms with Gasteiger partial charge in [-0.3, -0.25) is 0 Å². The molecule has 2 heterocycles. The third-order valence-corrected chi connectivity index (χ3v) is 4.03. The summed E-state index contributed by atoms with van der Waals surface area (Å²) >= 11 is 1.66. The van der Waals surface area contributed by atoms with E-state index in [9.17, 15) is 0 Å². The Morgan fingerprint density at radius 1 is 1.25 bits per heavy atom. The summed E-state index contributed by atoms with van der Waals surface area (Å²) in [7, 11) is 0. The zero-order valence-corrected chi connectivity index (χ0v) is 12.8. The molecular formula is C16H18N2OS. The first-order valence-corrected chi connectivity index (χ1v) is 7.55. The lowest BCUT2D eigenvalue weighted by Crippen LogP contribution is -2.11. The molecule has 0 unspecified atom stereocenters. The van der Waals surface area contributed by atoms with Crippen molar-refractivity contribution in [1.29, 1.82) is 0 Å². The van der Waals surface area contributed by atoms with Crippen LogP contribution in [0.25, 0.3) is 10.9 Å². The molecule has 0 aliphatic carbocycles. The highest BCUT2D eigenvalue weighted by Crippen LogP contribution is 2.25. The summed E-state index contributed by atoms with van der Waals surface area (Å²) in [6.07, 6.45) is 1.94. The lowest BCUT2D eigenvalue weighted by Gasteiger charge is -2.14. The van der Waals surface area contributed by atoms with Crippen molar-refractivity contribution >= 4 is 22.2 Å². The van der Waals surface area contributed by atoms with Gasteiger partial charge in [-0.25, -0.2) is 4.98 Å². The van der Waals surface area contributed by atoms with E-state index >= 15 is 0 Å². The SMILES string of the molecule is CC(C)(C)c1csc(COc2ccc3[nH]ccc3c2)n1. The van der Waals surface area contributed by atoms with Gasteiger partial charge in [0.05, 0.1) is 5.69 Å². The lowest BCUT2D eigenvalue weighted by atomic mass is 9.93. The number of aromatic nitrogens is 2. The minimum absolute atomic E-state index is 0.0960. The highest BCUT2D eigenvalue weighted by molar-refractivity contribution is 7.09. The van der Waals surface area contributed by atoms with Gasteiger partial charge in [0.15, 0.2) is 0 Å². The third kappa shape index (κ3) is 2.70. The average molecular weight is 286 g/mol. The molecular weight excluding hydrogens is 268 g/mol. The summed E-state index contributed by atoms with van der Waals surface area (Å²) in [5, 5.41) is 4.30. The molecule has 3 nitrogen and oxygen atoms in total. The first kappa shape index (κ1) is 13.2. The van der Waals surface area contributed by atoms with Gasteiger partial charge < -0.3 is 9.72 Å². The highest BCUT2D eigenvalue weighted by atomic mass is 32.1. The van der Waals surface area contributed by atoms with Crippen molar-refractivity contribution in [2.24, 2.45) is 0 Å². The lowest BCUT2D eigenvalue weighted by molar-refractivity contribution is 0.305. The van der Waals surface area contributed by atoms with E-state index in [1.807, 2.05) is 30.5 Å². The van der Waals surface area contributed by atoms with Crippen LogP contribution in [0.5, 0.6) is 5.75 Å². The largest absolute Gasteiger partial charge is 0.486 e. The fourth-order valence-corrected chi connectivity index (χ4v) is 2.92. The second kappa shape index (κ2) is 4.94. The Morgan fingerprint density at radius 2 is 2.10 bits per heavy atom. The second-order valence-corrected chi connectivity index (χ2v) is 6.83. The number of rotatable bonds is 3. The van der Waals surface area contributed by atoms with Crippen LogP contribution in [0.2, 0.25) is 0 Å². The van der Waals surface area contributed by atoms with Crippen LogP contribution in [0.4, 0.5) is 0 Å². The molecule has 0 aliphatic heterocycles. The Hall–Kier alpha value is -1.81. The predicted molar refractivity (Wildman–Crippen MR) is 83.4 cm³/mol. The van der Waals surface area contributed by atoms with E-state index in [0.29, 0.717) is 6.61 Å². The molecule has 2 aromatic heterocycles. The van der Waals surface area contributed by atoms with Crippen LogP contribution >= 0.6 is 11.3 Å². The molecule has 3 rings (SSSR count). The molecule has 0 radical (unpaired) electrons. The Bertz CT molecular complexity index is 721. The van der Waals surface area contributed by atoms with Gasteiger partial charge in [-0.1, -0.05) is 20.8 Å². The quantitative estimate of drug-likeness (QED) is 0.769. The molecule has 104 valence electrons. The van der Waals surface area contributed by atoms with Crippen LogP contribution < -0.4 is 4.74 Å². The van der Waals surface area contributed by atoms with Gasteiger partial charge in [0.1, 0.15) is 17.4 Å². The third-order valence-electron chi connectivity index (χ3n) is 3.21. The van der Waals surface area contributed by atoms with Crippen LogP contribution in [0.1, 0.15) is 31.5 Å². The molecule has 4 heteroatoms. The number of nitrogens with one attached hydrogen (secondary N) is 1. The predicted octanol–water partition coefficient (Wildman–Crippen LogP) is 4.50. The van der Waals surface area contributed by atoms with E-state index in [0.717, 1.165) is 27.4 Å². The number of fused-ring (bicyclic) bond motifs is 1. The summed E-state index contributed by atoms with van der Waals surface area (Å²) in [6, 6.07) is 8.11. The topological polar surface area (TPSA) is 37.9 Å². The van der Waals surface area contributed by atoms with Gasteiger partial charge in [0.25, 0.3) is 0 Å². The summed E-state index contributed by atoms with van der Waals surface area (Å²) in [5.74, 6) is 0.879. The minimum atomic E-state index is 0.0960. The number of hydrogen-bond donors (Lipinski definition) is 1. The van der Waals surface area contributed by atoms with E-state index in [-0.39, 0.29) is 5.41 Å². The van der Waals surface area contributed by atoms with Crippen LogP contribution in [-0.4, -0.2) is 9.97 Å². The summed E-state index contributed by atoms with van der Waals surface area (Å²) in [4.78, 5) is 7.81. The number of nitrogens with zero attached hydrogens (tertiary/aromatic N) is 1. The monoisotopic (exact) mass is 286 g/mol. The summed E-state index contributed by atoms with van der Waals surface area (Å²) < 4.78 is 5.83. The van der Waals surface area contributed by atoms with E-state index in [1.165, 1.54) is 0 Å². The van der Waals surface area contributed by atoms with E-state index in [1.54, 1.807) is 11.3 Å². The fourth-order valence-electron chi connectivity index (χ4n) is 1.99. The average Bonchev–Trinajstić information content (AvgIpc) is 3.04. The molecule has 1 aromatic carbocycles. The van der Waals surface area contributed by atoms with Crippen molar-refractivity contribution in [1.82, 2.24) is 9.97 Å².